The van der Waals surface area contributed by atoms with E-state index in [0.717, 1.165) is 49.4 Å². The summed E-state index contributed by atoms with van der Waals surface area (Å²) in [5.41, 5.74) is 2.95. The van der Waals surface area contributed by atoms with Crippen LogP contribution in [0.25, 0.3) is 0 Å². The van der Waals surface area contributed by atoms with Crippen molar-refractivity contribution in [2.45, 2.75) is 25.7 Å². The van der Waals surface area contributed by atoms with E-state index in [4.69, 9.17) is 4.74 Å². The van der Waals surface area contributed by atoms with Gasteiger partial charge >= 0.3 is 0 Å². The molecule has 2 aliphatic heterocycles. The van der Waals surface area contributed by atoms with Gasteiger partial charge < -0.3 is 30.1 Å². The van der Waals surface area contributed by atoms with Crippen LogP contribution in [0.4, 0.5) is 11.4 Å². The van der Waals surface area contributed by atoms with Gasteiger partial charge in [0.15, 0.2) is 0 Å². The molecule has 3 fully saturated rings. The van der Waals surface area contributed by atoms with Gasteiger partial charge in [0.1, 0.15) is 5.75 Å². The molecule has 0 radical (unpaired) electrons. The number of hydrogen-bond acceptors (Lipinski definition) is 6. The Morgan fingerprint density at radius 1 is 0.921 bits per heavy atom. The minimum absolute atomic E-state index is 0.0225. The molecule has 0 spiro atoms. The Bertz CT molecular complexity index is 1150. The van der Waals surface area contributed by atoms with Crippen molar-refractivity contribution in [3.63, 3.8) is 0 Å². The summed E-state index contributed by atoms with van der Waals surface area (Å²) in [6.45, 7) is 5.76. The lowest BCUT2D eigenvalue weighted by molar-refractivity contribution is -0.132. The molecule has 2 aromatic carbocycles. The summed E-state index contributed by atoms with van der Waals surface area (Å²) in [7, 11) is 1.61. The number of nitrogens with zero attached hydrogens (tertiary/aromatic N) is 3. The Labute approximate surface area is 224 Å². The molecule has 3 amide bonds. The van der Waals surface area contributed by atoms with Gasteiger partial charge in [0.05, 0.1) is 24.9 Å². The molecule has 0 atom stereocenters. The molecule has 0 aromatic heterocycles. The summed E-state index contributed by atoms with van der Waals surface area (Å²) >= 11 is 0. The number of nitrogens with one attached hydrogen (secondary N) is 2. The number of rotatable bonds is 7. The number of anilines is 2. The Kier molecular flexibility index (Phi) is 8.12. The van der Waals surface area contributed by atoms with Crippen molar-refractivity contribution in [2.75, 3.05) is 69.7 Å². The Balaban J connectivity index is 1.34. The molecule has 2 heterocycles. The molecule has 1 saturated carbocycles. The number of methoxy groups -OCH3 is 1. The molecule has 5 rings (SSSR count). The predicted molar refractivity (Wildman–Crippen MR) is 147 cm³/mol. The van der Waals surface area contributed by atoms with Crippen LogP contribution >= 0.6 is 0 Å². The van der Waals surface area contributed by atoms with Gasteiger partial charge in [-0.2, -0.15) is 0 Å². The fraction of sp³-hybridized carbons (Fsp3) is 0.483. The van der Waals surface area contributed by atoms with E-state index >= 15 is 0 Å². The van der Waals surface area contributed by atoms with E-state index in [0.29, 0.717) is 50.5 Å². The molecule has 1 aliphatic carbocycles. The van der Waals surface area contributed by atoms with Crippen LogP contribution in [0.3, 0.4) is 0 Å². The Morgan fingerprint density at radius 2 is 1.68 bits per heavy atom. The zero-order valence-corrected chi connectivity index (χ0v) is 22.1. The maximum atomic E-state index is 13.3. The highest BCUT2D eigenvalue weighted by Gasteiger charge is 2.35. The van der Waals surface area contributed by atoms with Crippen LogP contribution in [0.5, 0.6) is 5.75 Å². The van der Waals surface area contributed by atoms with E-state index < -0.39 is 0 Å². The summed E-state index contributed by atoms with van der Waals surface area (Å²) < 4.78 is 5.21. The third-order valence-electron chi connectivity index (χ3n) is 7.53. The van der Waals surface area contributed by atoms with Gasteiger partial charge in [-0.25, -0.2) is 0 Å². The van der Waals surface area contributed by atoms with Gasteiger partial charge in [0.2, 0.25) is 11.8 Å². The molecule has 2 N–H and O–H groups in total. The van der Waals surface area contributed by atoms with Crippen molar-refractivity contribution in [3.05, 3.63) is 53.6 Å². The molecule has 2 saturated heterocycles. The van der Waals surface area contributed by atoms with Gasteiger partial charge in [0.25, 0.3) is 5.91 Å². The average molecular weight is 520 g/mol. The van der Waals surface area contributed by atoms with Crippen LogP contribution in [-0.4, -0.2) is 87.0 Å². The summed E-state index contributed by atoms with van der Waals surface area (Å²) in [6.07, 6.45) is 3.14. The summed E-state index contributed by atoms with van der Waals surface area (Å²) in [6, 6.07) is 13.0. The molecular weight excluding hydrogens is 482 g/mol. The second kappa shape index (κ2) is 11.9. The minimum atomic E-state index is -0.150. The van der Waals surface area contributed by atoms with Crippen molar-refractivity contribution in [1.82, 2.24) is 15.1 Å². The first-order valence-electron chi connectivity index (χ1n) is 13.6. The number of ether oxygens (including phenoxy) is 1. The highest BCUT2D eigenvalue weighted by molar-refractivity contribution is 6.00. The van der Waals surface area contributed by atoms with Gasteiger partial charge in [-0.15, -0.1) is 0 Å². The smallest absolute Gasteiger partial charge is 0.253 e. The Morgan fingerprint density at radius 3 is 2.39 bits per heavy atom. The highest BCUT2D eigenvalue weighted by Crippen LogP contribution is 2.33. The van der Waals surface area contributed by atoms with Crippen molar-refractivity contribution in [2.24, 2.45) is 5.92 Å². The number of carbonyl (C=O) groups excluding carboxylic acids is 3. The predicted octanol–water partition coefficient (Wildman–Crippen LogP) is 2.37. The molecule has 38 heavy (non-hydrogen) atoms. The second-order valence-electron chi connectivity index (χ2n) is 10.3. The monoisotopic (exact) mass is 519 g/mol. The van der Waals surface area contributed by atoms with Crippen LogP contribution in [0.1, 0.15) is 35.2 Å². The zero-order valence-electron chi connectivity index (χ0n) is 22.1. The van der Waals surface area contributed by atoms with Gasteiger partial charge in [-0.05, 0) is 61.7 Å². The summed E-state index contributed by atoms with van der Waals surface area (Å²) in [4.78, 5) is 45.0. The average Bonchev–Trinajstić information content (AvgIpc) is 3.81. The molecule has 0 bridgehead atoms. The van der Waals surface area contributed by atoms with Crippen molar-refractivity contribution >= 4 is 29.1 Å². The fourth-order valence-corrected chi connectivity index (χ4v) is 5.16. The van der Waals surface area contributed by atoms with Crippen molar-refractivity contribution < 1.29 is 19.1 Å². The number of benzene rings is 2. The van der Waals surface area contributed by atoms with E-state index in [-0.39, 0.29) is 30.1 Å². The molecule has 3 aliphatic rings. The van der Waals surface area contributed by atoms with Crippen molar-refractivity contribution in [3.8, 4) is 5.75 Å². The molecule has 2 aromatic rings. The topological polar surface area (TPSA) is 94.2 Å². The van der Waals surface area contributed by atoms with E-state index in [1.54, 1.807) is 7.11 Å². The van der Waals surface area contributed by atoms with E-state index in [2.05, 4.69) is 15.5 Å². The molecule has 9 nitrogen and oxygen atoms in total. The van der Waals surface area contributed by atoms with Crippen molar-refractivity contribution in [1.29, 1.82) is 0 Å². The van der Waals surface area contributed by atoms with Crippen LogP contribution in [0, 0.1) is 5.92 Å². The third-order valence-corrected chi connectivity index (χ3v) is 7.53. The maximum Gasteiger partial charge on any atom is 0.253 e. The first-order valence-corrected chi connectivity index (χ1v) is 13.6. The number of amides is 3. The zero-order chi connectivity index (χ0) is 26.5. The van der Waals surface area contributed by atoms with E-state index in [1.807, 2.05) is 52.3 Å². The summed E-state index contributed by atoms with van der Waals surface area (Å²) in [5.74, 6) is 1.05. The van der Waals surface area contributed by atoms with E-state index in [1.165, 1.54) is 0 Å². The lowest BCUT2D eigenvalue weighted by Crippen LogP contribution is -2.49. The first-order chi connectivity index (χ1) is 18.5. The van der Waals surface area contributed by atoms with Crippen LogP contribution in [-0.2, 0) is 16.0 Å². The van der Waals surface area contributed by atoms with E-state index in [9.17, 15) is 14.4 Å². The van der Waals surface area contributed by atoms with Gasteiger partial charge in [-0.3, -0.25) is 14.4 Å². The van der Waals surface area contributed by atoms with Gasteiger partial charge in [-0.1, -0.05) is 12.1 Å². The lowest BCUT2D eigenvalue weighted by Gasteiger charge is -2.37. The van der Waals surface area contributed by atoms with Crippen LogP contribution < -0.4 is 20.3 Å². The molecular formula is C29H37N5O4. The van der Waals surface area contributed by atoms with Gasteiger partial charge in [0, 0.05) is 57.3 Å². The standard InChI is InChI=1S/C29H37N5O4/c1-38-24-8-3-21(4-9-24)19-27(35)31-25-20-23(29(37)33-13-2-11-30-12-14-33)7-10-26(25)32-15-17-34(18-16-32)28(36)22-5-6-22/h3-4,7-10,20,22,30H,2,5-6,11-19H2,1H3,(H,31,35). The minimum Gasteiger partial charge on any atom is -0.497 e. The second-order valence-corrected chi connectivity index (χ2v) is 10.3. The number of carbonyl (C=O) groups is 3. The SMILES string of the molecule is COc1ccc(CC(=O)Nc2cc(C(=O)N3CCCNCC3)ccc2N2CCN(C(=O)C3CC3)CC2)cc1. The maximum absolute atomic E-state index is 13.3. The third kappa shape index (κ3) is 6.27. The quantitative estimate of drug-likeness (QED) is 0.584. The fourth-order valence-electron chi connectivity index (χ4n) is 5.16. The number of piperazine rings is 1. The lowest BCUT2D eigenvalue weighted by atomic mass is 10.1. The number of hydrogen-bond donors (Lipinski definition) is 2. The van der Waals surface area contributed by atoms with Crippen LogP contribution in [0.15, 0.2) is 42.5 Å². The largest absolute Gasteiger partial charge is 0.497 e. The molecule has 0 unspecified atom stereocenters. The molecule has 202 valence electrons. The summed E-state index contributed by atoms with van der Waals surface area (Å²) in [5, 5.41) is 6.41. The molecule has 9 heteroatoms. The van der Waals surface area contributed by atoms with Crippen LogP contribution in [0.2, 0.25) is 0 Å². The normalized spacial score (nSPS) is 18.1. The first kappa shape index (κ1) is 26.0. The highest BCUT2D eigenvalue weighted by atomic mass is 16.5. The Hall–Kier alpha value is -3.59.